The van der Waals surface area contributed by atoms with Crippen LogP contribution in [0.15, 0.2) is 12.1 Å². The minimum Gasteiger partial charge on any atom is -0.396 e. The first-order valence-corrected chi connectivity index (χ1v) is 6.83. The van der Waals surface area contributed by atoms with Crippen LogP contribution in [0.2, 0.25) is 0 Å². The standard InChI is InChI=1S/C15H19F2NO2/c1-10-4-5-11(16)12(13(10)17)14(20)18-8-15(9-19)6-2-3-7-15/h4-5,19H,2-3,6-9H2,1H3,(H,18,20). The van der Waals surface area contributed by atoms with Crippen LogP contribution in [-0.4, -0.2) is 24.2 Å². The first-order chi connectivity index (χ1) is 9.49. The number of rotatable bonds is 4. The van der Waals surface area contributed by atoms with Crippen molar-refractivity contribution in [1.29, 1.82) is 0 Å². The average molecular weight is 283 g/mol. The molecule has 1 fully saturated rings. The maximum absolute atomic E-state index is 13.8. The van der Waals surface area contributed by atoms with E-state index in [9.17, 15) is 18.7 Å². The summed E-state index contributed by atoms with van der Waals surface area (Å²) >= 11 is 0. The highest BCUT2D eigenvalue weighted by Gasteiger charge is 2.34. The van der Waals surface area contributed by atoms with Crippen molar-refractivity contribution in [1.82, 2.24) is 5.32 Å². The number of benzene rings is 1. The molecule has 0 aromatic heterocycles. The van der Waals surface area contributed by atoms with E-state index in [0.29, 0.717) is 0 Å². The van der Waals surface area contributed by atoms with Gasteiger partial charge >= 0.3 is 0 Å². The van der Waals surface area contributed by atoms with Crippen molar-refractivity contribution >= 4 is 5.91 Å². The van der Waals surface area contributed by atoms with Gasteiger partial charge in [0.1, 0.15) is 17.2 Å². The number of hydrogen-bond acceptors (Lipinski definition) is 2. The molecule has 2 N–H and O–H groups in total. The number of halogens is 2. The van der Waals surface area contributed by atoms with Crippen molar-refractivity contribution in [3.63, 3.8) is 0 Å². The molecule has 0 saturated heterocycles. The molecule has 1 aliphatic carbocycles. The Labute approximate surface area is 117 Å². The molecular formula is C15H19F2NO2. The second-order valence-corrected chi connectivity index (χ2v) is 5.60. The Morgan fingerprint density at radius 3 is 2.60 bits per heavy atom. The molecule has 1 saturated carbocycles. The fraction of sp³-hybridized carbons (Fsp3) is 0.533. The van der Waals surface area contributed by atoms with Gasteiger partial charge in [-0.05, 0) is 31.4 Å². The van der Waals surface area contributed by atoms with Gasteiger partial charge in [-0.1, -0.05) is 18.9 Å². The molecule has 0 unspecified atom stereocenters. The number of aliphatic hydroxyl groups is 1. The van der Waals surface area contributed by atoms with Crippen LogP contribution in [0.4, 0.5) is 8.78 Å². The molecule has 0 radical (unpaired) electrons. The average Bonchev–Trinajstić information content (AvgIpc) is 2.91. The van der Waals surface area contributed by atoms with Crippen LogP contribution in [0.1, 0.15) is 41.6 Å². The smallest absolute Gasteiger partial charge is 0.257 e. The van der Waals surface area contributed by atoms with Crippen LogP contribution in [-0.2, 0) is 0 Å². The highest BCUT2D eigenvalue weighted by Crippen LogP contribution is 2.37. The van der Waals surface area contributed by atoms with Gasteiger partial charge in [0.25, 0.3) is 5.91 Å². The molecule has 20 heavy (non-hydrogen) atoms. The largest absolute Gasteiger partial charge is 0.396 e. The van der Waals surface area contributed by atoms with Crippen LogP contribution in [0.3, 0.4) is 0 Å². The molecule has 0 aliphatic heterocycles. The van der Waals surface area contributed by atoms with E-state index < -0.39 is 23.1 Å². The van der Waals surface area contributed by atoms with Crippen molar-refractivity contribution in [2.24, 2.45) is 5.41 Å². The van der Waals surface area contributed by atoms with E-state index in [2.05, 4.69) is 5.32 Å². The zero-order valence-corrected chi connectivity index (χ0v) is 11.5. The molecular weight excluding hydrogens is 264 g/mol. The van der Waals surface area contributed by atoms with E-state index in [1.807, 2.05) is 0 Å². The first kappa shape index (κ1) is 14.9. The maximum Gasteiger partial charge on any atom is 0.257 e. The molecule has 5 heteroatoms. The van der Waals surface area contributed by atoms with Crippen molar-refractivity contribution in [3.05, 3.63) is 34.9 Å². The number of amides is 1. The lowest BCUT2D eigenvalue weighted by Crippen LogP contribution is -2.39. The van der Waals surface area contributed by atoms with Crippen LogP contribution < -0.4 is 5.32 Å². The summed E-state index contributed by atoms with van der Waals surface area (Å²) in [6.07, 6.45) is 3.65. The Balaban J connectivity index is 2.11. The van der Waals surface area contributed by atoms with Crippen molar-refractivity contribution in [3.8, 4) is 0 Å². The van der Waals surface area contributed by atoms with E-state index in [4.69, 9.17) is 0 Å². The van der Waals surface area contributed by atoms with E-state index in [0.717, 1.165) is 31.7 Å². The lowest BCUT2D eigenvalue weighted by Gasteiger charge is -2.26. The van der Waals surface area contributed by atoms with Crippen molar-refractivity contribution in [2.45, 2.75) is 32.6 Å². The summed E-state index contributed by atoms with van der Waals surface area (Å²) < 4.78 is 27.4. The molecule has 110 valence electrons. The van der Waals surface area contributed by atoms with Gasteiger partial charge in [0.2, 0.25) is 0 Å². The summed E-state index contributed by atoms with van der Waals surface area (Å²) in [6.45, 7) is 1.71. The van der Waals surface area contributed by atoms with Crippen LogP contribution in [0.5, 0.6) is 0 Å². The van der Waals surface area contributed by atoms with E-state index >= 15 is 0 Å². The molecule has 0 atom stereocenters. The minimum absolute atomic E-state index is 0.0218. The van der Waals surface area contributed by atoms with Gasteiger partial charge in [-0.15, -0.1) is 0 Å². The lowest BCUT2D eigenvalue weighted by molar-refractivity contribution is 0.0872. The summed E-state index contributed by atoms with van der Waals surface area (Å²) in [4.78, 5) is 12.0. The minimum atomic E-state index is -0.866. The second-order valence-electron chi connectivity index (χ2n) is 5.60. The fourth-order valence-electron chi connectivity index (χ4n) is 2.74. The van der Waals surface area contributed by atoms with Crippen molar-refractivity contribution < 1.29 is 18.7 Å². The summed E-state index contributed by atoms with van der Waals surface area (Å²) in [6, 6.07) is 2.39. The number of carbonyl (C=O) groups excluding carboxylic acids is 1. The quantitative estimate of drug-likeness (QED) is 0.892. The molecule has 0 bridgehead atoms. The first-order valence-electron chi connectivity index (χ1n) is 6.83. The topological polar surface area (TPSA) is 49.3 Å². The van der Waals surface area contributed by atoms with Gasteiger partial charge in [0, 0.05) is 12.0 Å². The van der Waals surface area contributed by atoms with Crippen molar-refractivity contribution in [2.75, 3.05) is 13.2 Å². The summed E-state index contributed by atoms with van der Waals surface area (Å²) in [5, 5.41) is 12.0. The molecule has 2 rings (SSSR count). The number of aryl methyl sites for hydroxylation is 1. The van der Waals surface area contributed by atoms with Crippen LogP contribution >= 0.6 is 0 Å². The maximum atomic E-state index is 13.8. The molecule has 0 heterocycles. The summed E-state index contributed by atoms with van der Waals surface area (Å²) in [5.74, 6) is -2.45. The van der Waals surface area contributed by atoms with Gasteiger partial charge < -0.3 is 10.4 Å². The molecule has 0 spiro atoms. The Bertz CT molecular complexity index is 511. The number of carbonyl (C=O) groups is 1. The van der Waals surface area contributed by atoms with Gasteiger partial charge in [0.15, 0.2) is 0 Å². The lowest BCUT2D eigenvalue weighted by atomic mass is 9.87. The van der Waals surface area contributed by atoms with Gasteiger partial charge in [0.05, 0.1) is 6.61 Å². The van der Waals surface area contributed by atoms with Gasteiger partial charge in [-0.3, -0.25) is 4.79 Å². The number of hydrogen-bond donors (Lipinski definition) is 2. The van der Waals surface area contributed by atoms with Crippen LogP contribution in [0.25, 0.3) is 0 Å². The van der Waals surface area contributed by atoms with Crippen LogP contribution in [0, 0.1) is 24.0 Å². The third-order valence-corrected chi connectivity index (χ3v) is 4.13. The SMILES string of the molecule is Cc1ccc(F)c(C(=O)NCC2(CO)CCCC2)c1F. The Morgan fingerprint density at radius 1 is 1.35 bits per heavy atom. The monoisotopic (exact) mass is 283 g/mol. The fourth-order valence-corrected chi connectivity index (χ4v) is 2.74. The highest BCUT2D eigenvalue weighted by atomic mass is 19.1. The molecule has 1 aliphatic rings. The zero-order valence-electron chi connectivity index (χ0n) is 11.5. The number of aliphatic hydroxyl groups excluding tert-OH is 1. The Hall–Kier alpha value is -1.49. The van der Waals surface area contributed by atoms with Gasteiger partial charge in [-0.2, -0.15) is 0 Å². The summed E-state index contributed by atoms with van der Waals surface area (Å²) in [7, 11) is 0. The normalized spacial score (nSPS) is 17.2. The predicted octanol–water partition coefficient (Wildman–Crippen LogP) is 2.56. The van der Waals surface area contributed by atoms with E-state index in [1.54, 1.807) is 0 Å². The molecule has 3 nitrogen and oxygen atoms in total. The molecule has 1 aromatic carbocycles. The van der Waals surface area contributed by atoms with Gasteiger partial charge in [-0.25, -0.2) is 8.78 Å². The second kappa shape index (κ2) is 5.87. The van der Waals surface area contributed by atoms with E-state index in [1.165, 1.54) is 13.0 Å². The van der Waals surface area contributed by atoms with E-state index in [-0.39, 0.29) is 24.1 Å². The molecule has 1 amide bonds. The third kappa shape index (κ3) is 2.82. The highest BCUT2D eigenvalue weighted by molar-refractivity contribution is 5.95. The number of nitrogens with one attached hydrogen (secondary N) is 1. The Morgan fingerprint density at radius 2 is 2.00 bits per heavy atom. The predicted molar refractivity (Wildman–Crippen MR) is 71.4 cm³/mol. The summed E-state index contributed by atoms with van der Waals surface area (Å²) in [5.41, 5.74) is -0.655. The Kier molecular flexibility index (Phi) is 4.38. The molecule has 1 aromatic rings. The zero-order chi connectivity index (χ0) is 14.8. The third-order valence-electron chi connectivity index (χ3n) is 4.13.